The van der Waals surface area contributed by atoms with Crippen LogP contribution in [-0.4, -0.2) is 38.8 Å². The third-order valence-corrected chi connectivity index (χ3v) is 6.14. The van der Waals surface area contributed by atoms with E-state index in [0.29, 0.717) is 18.7 Å². The lowest BCUT2D eigenvalue weighted by Crippen LogP contribution is -2.31. The Balaban J connectivity index is 2.22. The van der Waals surface area contributed by atoms with Crippen molar-refractivity contribution in [3.05, 3.63) is 60.2 Å². The molecule has 2 aromatic rings. The fraction of sp³-hybridized carbons (Fsp3) is 0.350. The molecule has 0 spiro atoms. The Labute approximate surface area is 156 Å². The fourth-order valence-electron chi connectivity index (χ4n) is 2.66. The first-order valence-electron chi connectivity index (χ1n) is 8.85. The molecule has 5 nitrogen and oxygen atoms in total. The lowest BCUT2D eigenvalue weighted by molar-refractivity contribution is 0.0988. The van der Waals surface area contributed by atoms with Crippen LogP contribution in [0.4, 0.5) is 5.69 Å². The number of carbonyl (C=O) groups is 1. The highest BCUT2D eigenvalue weighted by molar-refractivity contribution is 7.89. The monoisotopic (exact) mass is 374 g/mol. The molecule has 0 aliphatic heterocycles. The molecule has 140 valence electrons. The van der Waals surface area contributed by atoms with Crippen LogP contribution in [0.25, 0.3) is 0 Å². The Bertz CT molecular complexity index is 818. The van der Waals surface area contributed by atoms with Gasteiger partial charge in [0, 0.05) is 31.4 Å². The molecule has 0 bridgehead atoms. The lowest BCUT2D eigenvalue weighted by Gasteiger charge is -2.21. The topological polar surface area (TPSA) is 57.7 Å². The minimum Gasteiger partial charge on any atom is -0.309 e. The number of unbranched alkanes of at least 4 members (excludes halogenated alkanes) is 1. The van der Waals surface area contributed by atoms with Crippen LogP contribution in [0.5, 0.6) is 0 Å². The number of anilines is 1. The Morgan fingerprint density at radius 1 is 0.962 bits per heavy atom. The molecule has 26 heavy (non-hydrogen) atoms. The van der Waals surface area contributed by atoms with Crippen LogP contribution in [0, 0.1) is 0 Å². The fourth-order valence-corrected chi connectivity index (χ4v) is 3.87. The molecule has 6 heteroatoms. The van der Waals surface area contributed by atoms with Crippen LogP contribution < -0.4 is 4.90 Å². The highest BCUT2D eigenvalue weighted by atomic mass is 32.2. The first-order chi connectivity index (χ1) is 12.4. The predicted octanol–water partition coefficient (Wildman–Crippen LogP) is 3.77. The smallest absolute Gasteiger partial charge is 0.258 e. The third-order valence-electron chi connectivity index (χ3n) is 4.27. The Morgan fingerprint density at radius 3 is 2.12 bits per heavy atom. The van der Waals surface area contributed by atoms with Gasteiger partial charge in [0.25, 0.3) is 5.91 Å². The summed E-state index contributed by atoms with van der Waals surface area (Å²) < 4.78 is 26.5. The quantitative estimate of drug-likeness (QED) is 0.707. The van der Waals surface area contributed by atoms with E-state index < -0.39 is 10.0 Å². The van der Waals surface area contributed by atoms with E-state index in [4.69, 9.17) is 0 Å². The van der Waals surface area contributed by atoms with Crippen LogP contribution in [-0.2, 0) is 10.0 Å². The number of sulfonamides is 1. The van der Waals surface area contributed by atoms with Gasteiger partial charge in [0.05, 0.1) is 4.90 Å². The zero-order chi connectivity index (χ0) is 19.2. The molecule has 0 fully saturated rings. The summed E-state index contributed by atoms with van der Waals surface area (Å²) >= 11 is 0. The molecule has 0 radical (unpaired) electrons. The molecule has 0 N–H and O–H groups in total. The molecule has 2 aromatic carbocycles. The van der Waals surface area contributed by atoms with E-state index in [0.717, 1.165) is 18.5 Å². The number of rotatable bonds is 8. The molecule has 0 aliphatic rings. The van der Waals surface area contributed by atoms with Crippen LogP contribution in [0.1, 0.15) is 37.0 Å². The van der Waals surface area contributed by atoms with Crippen molar-refractivity contribution in [1.82, 2.24) is 4.31 Å². The summed E-state index contributed by atoms with van der Waals surface area (Å²) in [6.07, 6.45) is 1.74. The zero-order valence-electron chi connectivity index (χ0n) is 15.6. The van der Waals surface area contributed by atoms with Crippen LogP contribution in [0.3, 0.4) is 0 Å². The highest BCUT2D eigenvalue weighted by Gasteiger charge is 2.21. The minimum atomic E-state index is -3.52. The third kappa shape index (κ3) is 4.51. The second kappa shape index (κ2) is 8.96. The van der Waals surface area contributed by atoms with E-state index in [2.05, 4.69) is 0 Å². The lowest BCUT2D eigenvalue weighted by atomic mass is 10.2. The molecule has 2 rings (SSSR count). The maximum atomic E-state index is 12.8. The summed E-state index contributed by atoms with van der Waals surface area (Å²) in [6, 6.07) is 15.6. The van der Waals surface area contributed by atoms with Gasteiger partial charge >= 0.3 is 0 Å². The Kier molecular flexibility index (Phi) is 6.94. The van der Waals surface area contributed by atoms with Crippen molar-refractivity contribution in [2.45, 2.75) is 31.6 Å². The van der Waals surface area contributed by atoms with Crippen molar-refractivity contribution in [3.63, 3.8) is 0 Å². The standard InChI is InChI=1S/C20H26N2O3S/c1-4-6-16-21(3)26(24,25)19-14-12-17(13-15-19)20(23)22(5-2)18-10-8-7-9-11-18/h7-15H,4-6,16H2,1-3H3. The van der Waals surface area contributed by atoms with Crippen LogP contribution in [0.2, 0.25) is 0 Å². The van der Waals surface area contributed by atoms with Crippen LogP contribution >= 0.6 is 0 Å². The first-order valence-corrected chi connectivity index (χ1v) is 10.3. The average Bonchev–Trinajstić information content (AvgIpc) is 2.67. The van der Waals surface area contributed by atoms with E-state index in [1.165, 1.54) is 16.4 Å². The molecule has 1 amide bonds. The molecule has 0 aliphatic carbocycles. The minimum absolute atomic E-state index is 0.151. The second-order valence-electron chi connectivity index (χ2n) is 6.09. The van der Waals surface area contributed by atoms with Gasteiger partial charge in [0.2, 0.25) is 10.0 Å². The zero-order valence-corrected chi connectivity index (χ0v) is 16.4. The summed E-state index contributed by atoms with van der Waals surface area (Å²) in [5.41, 5.74) is 1.28. The van der Waals surface area contributed by atoms with E-state index >= 15 is 0 Å². The van der Waals surface area contributed by atoms with Gasteiger partial charge in [-0.15, -0.1) is 0 Å². The Morgan fingerprint density at radius 2 is 1.58 bits per heavy atom. The summed E-state index contributed by atoms with van der Waals surface area (Å²) in [5.74, 6) is -0.151. The predicted molar refractivity (Wildman–Crippen MR) is 105 cm³/mol. The number of carbonyl (C=O) groups excluding carboxylic acids is 1. The van der Waals surface area contributed by atoms with E-state index in [1.54, 1.807) is 24.1 Å². The van der Waals surface area contributed by atoms with Gasteiger partial charge in [0.1, 0.15) is 0 Å². The van der Waals surface area contributed by atoms with E-state index in [-0.39, 0.29) is 10.8 Å². The summed E-state index contributed by atoms with van der Waals surface area (Å²) in [4.78, 5) is 14.6. The number of hydrogen-bond acceptors (Lipinski definition) is 3. The van der Waals surface area contributed by atoms with E-state index in [1.807, 2.05) is 44.2 Å². The van der Waals surface area contributed by atoms with Gasteiger partial charge in [-0.25, -0.2) is 12.7 Å². The maximum Gasteiger partial charge on any atom is 0.258 e. The number of hydrogen-bond donors (Lipinski definition) is 0. The number of para-hydroxylation sites is 1. The highest BCUT2D eigenvalue weighted by Crippen LogP contribution is 2.19. The molecular formula is C20H26N2O3S. The van der Waals surface area contributed by atoms with Gasteiger partial charge in [-0.3, -0.25) is 4.79 Å². The van der Waals surface area contributed by atoms with Crippen molar-refractivity contribution < 1.29 is 13.2 Å². The maximum absolute atomic E-state index is 12.8. The number of amides is 1. The van der Waals surface area contributed by atoms with Gasteiger partial charge in [0.15, 0.2) is 0 Å². The van der Waals surface area contributed by atoms with Crippen molar-refractivity contribution in [1.29, 1.82) is 0 Å². The largest absolute Gasteiger partial charge is 0.309 e. The average molecular weight is 375 g/mol. The molecule has 0 unspecified atom stereocenters. The van der Waals surface area contributed by atoms with Crippen molar-refractivity contribution in [2.75, 3.05) is 25.0 Å². The summed E-state index contributed by atoms with van der Waals surface area (Å²) in [6.45, 7) is 4.94. The summed E-state index contributed by atoms with van der Waals surface area (Å²) in [7, 11) is -1.94. The van der Waals surface area contributed by atoms with Crippen molar-refractivity contribution in [2.24, 2.45) is 0 Å². The van der Waals surface area contributed by atoms with Gasteiger partial charge in [-0.05, 0) is 49.7 Å². The Hall–Kier alpha value is -2.18. The van der Waals surface area contributed by atoms with E-state index in [9.17, 15) is 13.2 Å². The molecule has 0 saturated carbocycles. The van der Waals surface area contributed by atoms with Crippen molar-refractivity contribution >= 4 is 21.6 Å². The molecule has 0 aromatic heterocycles. The molecule has 0 heterocycles. The van der Waals surface area contributed by atoms with Gasteiger partial charge in [-0.1, -0.05) is 31.5 Å². The normalized spacial score (nSPS) is 11.5. The number of nitrogens with zero attached hydrogens (tertiary/aromatic N) is 2. The molecular weight excluding hydrogens is 348 g/mol. The van der Waals surface area contributed by atoms with Crippen LogP contribution in [0.15, 0.2) is 59.5 Å². The van der Waals surface area contributed by atoms with Crippen molar-refractivity contribution in [3.8, 4) is 0 Å². The SMILES string of the molecule is CCCCN(C)S(=O)(=O)c1ccc(C(=O)N(CC)c2ccccc2)cc1. The second-order valence-corrected chi connectivity index (χ2v) is 8.13. The first kappa shape index (κ1) is 20.1. The summed E-state index contributed by atoms with van der Waals surface area (Å²) in [5, 5.41) is 0. The van der Waals surface area contributed by atoms with Gasteiger partial charge < -0.3 is 4.90 Å². The van der Waals surface area contributed by atoms with Gasteiger partial charge in [-0.2, -0.15) is 0 Å². The number of benzene rings is 2. The molecule has 0 saturated heterocycles. The molecule has 0 atom stereocenters.